The Hall–Kier alpha value is -1.42. The number of ether oxygens (including phenoxy) is 1. The molecular formula is C15H18FNO2. The Labute approximate surface area is 112 Å². The Balaban J connectivity index is 1.62. The van der Waals surface area contributed by atoms with Crippen LogP contribution in [0.4, 0.5) is 4.39 Å². The number of hydrogen-bond acceptors (Lipinski definition) is 3. The fourth-order valence-corrected chi connectivity index (χ4v) is 3.31. The van der Waals surface area contributed by atoms with Gasteiger partial charge in [0.25, 0.3) is 0 Å². The molecule has 2 saturated heterocycles. The summed E-state index contributed by atoms with van der Waals surface area (Å²) in [4.78, 5) is 13.9. The van der Waals surface area contributed by atoms with Gasteiger partial charge in [0.1, 0.15) is 12.9 Å². The van der Waals surface area contributed by atoms with Crippen molar-refractivity contribution in [3.05, 3.63) is 35.9 Å². The zero-order chi connectivity index (χ0) is 13.2. The van der Waals surface area contributed by atoms with E-state index in [1.165, 1.54) is 0 Å². The summed E-state index contributed by atoms with van der Waals surface area (Å²) in [5.74, 6) is -0.265. The Morgan fingerprint density at radius 3 is 2.42 bits per heavy atom. The normalized spacial score (nSPS) is 30.3. The highest BCUT2D eigenvalue weighted by Crippen LogP contribution is 2.36. The molecule has 2 heterocycles. The minimum absolute atomic E-state index is 0.0620. The van der Waals surface area contributed by atoms with Crippen molar-refractivity contribution >= 4 is 5.97 Å². The molecule has 2 atom stereocenters. The van der Waals surface area contributed by atoms with E-state index in [1.807, 2.05) is 23.1 Å². The first-order valence-corrected chi connectivity index (χ1v) is 6.85. The maximum atomic E-state index is 12.9. The number of rotatable bonds is 3. The van der Waals surface area contributed by atoms with Crippen LogP contribution in [0.2, 0.25) is 0 Å². The molecule has 1 aromatic carbocycles. The van der Waals surface area contributed by atoms with Crippen molar-refractivity contribution < 1.29 is 13.9 Å². The first-order valence-electron chi connectivity index (χ1n) is 6.85. The third-order valence-corrected chi connectivity index (χ3v) is 4.26. The molecule has 19 heavy (non-hydrogen) atoms. The number of benzene rings is 1. The van der Waals surface area contributed by atoms with Crippen molar-refractivity contribution in [3.8, 4) is 0 Å². The van der Waals surface area contributed by atoms with Gasteiger partial charge < -0.3 is 4.74 Å². The molecule has 2 fully saturated rings. The first kappa shape index (κ1) is 12.6. The van der Waals surface area contributed by atoms with Gasteiger partial charge in [0, 0.05) is 24.9 Å². The summed E-state index contributed by atoms with van der Waals surface area (Å²) >= 11 is 0. The number of alkyl halides is 1. The van der Waals surface area contributed by atoms with Gasteiger partial charge in [-0.1, -0.05) is 18.2 Å². The molecule has 3 rings (SSSR count). The minimum atomic E-state index is -0.380. The van der Waals surface area contributed by atoms with Crippen LogP contribution >= 0.6 is 0 Å². The summed E-state index contributed by atoms with van der Waals surface area (Å²) in [5, 5.41) is 0. The van der Waals surface area contributed by atoms with Crippen LogP contribution < -0.4 is 0 Å². The highest BCUT2D eigenvalue weighted by Gasteiger charge is 2.41. The lowest BCUT2D eigenvalue weighted by Crippen LogP contribution is -2.45. The molecule has 0 radical (unpaired) electrons. The molecule has 0 spiro atoms. The second kappa shape index (κ2) is 5.29. The van der Waals surface area contributed by atoms with Crippen LogP contribution in [0.5, 0.6) is 0 Å². The Morgan fingerprint density at radius 1 is 1.21 bits per heavy atom. The van der Waals surface area contributed by atoms with Gasteiger partial charge in [-0.2, -0.15) is 0 Å². The zero-order valence-electron chi connectivity index (χ0n) is 10.8. The molecule has 2 aliphatic heterocycles. The highest BCUT2D eigenvalue weighted by molar-refractivity contribution is 5.89. The molecule has 4 heteroatoms. The van der Waals surface area contributed by atoms with E-state index in [0.29, 0.717) is 5.56 Å². The quantitative estimate of drug-likeness (QED) is 0.620. The molecule has 0 aromatic heterocycles. The number of esters is 1. The lowest BCUT2D eigenvalue weighted by atomic mass is 10.0. The average molecular weight is 263 g/mol. The van der Waals surface area contributed by atoms with E-state index in [1.54, 1.807) is 12.1 Å². The van der Waals surface area contributed by atoms with E-state index < -0.39 is 0 Å². The number of halogens is 1. The van der Waals surface area contributed by atoms with E-state index in [-0.39, 0.29) is 31.0 Å². The zero-order valence-corrected chi connectivity index (χ0v) is 10.8. The molecule has 0 N–H and O–H groups in total. The average Bonchev–Trinajstić information content (AvgIpc) is 2.70. The van der Waals surface area contributed by atoms with E-state index in [4.69, 9.17) is 4.74 Å². The molecule has 1 aromatic rings. The van der Waals surface area contributed by atoms with Gasteiger partial charge in [-0.15, -0.1) is 0 Å². The standard InChI is InChI=1S/C15H18FNO2/c16-10-17-12-6-7-13(17)9-14(8-12)19-15(18)11-4-2-1-3-5-11/h1-5,12-14H,6-10H2. The van der Waals surface area contributed by atoms with Crippen LogP contribution in [-0.4, -0.2) is 35.9 Å². The molecule has 0 aliphatic carbocycles. The van der Waals surface area contributed by atoms with Gasteiger partial charge in [-0.3, -0.25) is 4.90 Å². The fraction of sp³-hybridized carbons (Fsp3) is 0.533. The molecule has 0 saturated carbocycles. The van der Waals surface area contributed by atoms with Crippen LogP contribution in [0.25, 0.3) is 0 Å². The lowest BCUT2D eigenvalue weighted by Gasteiger charge is -2.36. The third kappa shape index (κ3) is 2.50. The van der Waals surface area contributed by atoms with Crippen molar-refractivity contribution in [1.82, 2.24) is 4.90 Å². The van der Waals surface area contributed by atoms with Crippen molar-refractivity contribution in [2.75, 3.05) is 6.80 Å². The van der Waals surface area contributed by atoms with E-state index in [2.05, 4.69) is 0 Å². The topological polar surface area (TPSA) is 29.5 Å². The molecule has 2 bridgehead atoms. The lowest BCUT2D eigenvalue weighted by molar-refractivity contribution is -0.0158. The van der Waals surface area contributed by atoms with Crippen molar-refractivity contribution in [2.45, 2.75) is 43.9 Å². The molecule has 102 valence electrons. The summed E-state index contributed by atoms with van der Waals surface area (Å²) in [6, 6.07) is 9.53. The summed E-state index contributed by atoms with van der Waals surface area (Å²) in [6.07, 6.45) is 3.51. The molecule has 2 unspecified atom stereocenters. The number of fused-ring (bicyclic) bond motifs is 2. The Bertz CT molecular complexity index is 437. The third-order valence-electron chi connectivity index (χ3n) is 4.26. The van der Waals surface area contributed by atoms with Gasteiger partial charge in [-0.25, -0.2) is 9.18 Å². The predicted molar refractivity (Wildman–Crippen MR) is 69.5 cm³/mol. The van der Waals surface area contributed by atoms with E-state index >= 15 is 0 Å². The van der Waals surface area contributed by atoms with Crippen LogP contribution in [0, 0.1) is 0 Å². The minimum Gasteiger partial charge on any atom is -0.459 e. The molecule has 0 amide bonds. The fourth-order valence-electron chi connectivity index (χ4n) is 3.31. The number of carbonyl (C=O) groups is 1. The number of piperidine rings is 1. The predicted octanol–water partition coefficient (Wildman–Crippen LogP) is 2.77. The van der Waals surface area contributed by atoms with E-state index in [9.17, 15) is 9.18 Å². The maximum absolute atomic E-state index is 12.9. The molecule has 3 nitrogen and oxygen atoms in total. The molecule has 2 aliphatic rings. The first-order chi connectivity index (χ1) is 9.28. The summed E-state index contributed by atoms with van der Waals surface area (Å²) in [5.41, 5.74) is 0.586. The maximum Gasteiger partial charge on any atom is 0.338 e. The van der Waals surface area contributed by atoms with Gasteiger partial charge in [0.2, 0.25) is 0 Å². The summed E-state index contributed by atoms with van der Waals surface area (Å²) in [6.45, 7) is -0.380. The summed E-state index contributed by atoms with van der Waals surface area (Å²) in [7, 11) is 0. The number of hydrogen-bond donors (Lipinski definition) is 0. The van der Waals surface area contributed by atoms with Gasteiger partial charge in [-0.05, 0) is 25.0 Å². The second-order valence-corrected chi connectivity index (χ2v) is 5.38. The van der Waals surface area contributed by atoms with Crippen molar-refractivity contribution in [2.24, 2.45) is 0 Å². The van der Waals surface area contributed by atoms with Crippen molar-refractivity contribution in [3.63, 3.8) is 0 Å². The largest absolute Gasteiger partial charge is 0.459 e. The Kier molecular flexibility index (Phi) is 3.51. The second-order valence-electron chi connectivity index (χ2n) is 5.38. The summed E-state index contributed by atoms with van der Waals surface area (Å²) < 4.78 is 18.5. The van der Waals surface area contributed by atoms with Crippen LogP contribution in [-0.2, 0) is 4.74 Å². The van der Waals surface area contributed by atoms with Crippen LogP contribution in [0.15, 0.2) is 30.3 Å². The smallest absolute Gasteiger partial charge is 0.338 e. The molecular weight excluding hydrogens is 245 g/mol. The van der Waals surface area contributed by atoms with E-state index in [0.717, 1.165) is 25.7 Å². The SMILES string of the molecule is O=C(OC1CC2CCC(C1)N2CF)c1ccccc1. The van der Waals surface area contributed by atoms with Crippen LogP contribution in [0.1, 0.15) is 36.0 Å². The van der Waals surface area contributed by atoms with Gasteiger partial charge in [0.15, 0.2) is 0 Å². The van der Waals surface area contributed by atoms with Gasteiger partial charge in [0.05, 0.1) is 5.56 Å². The Morgan fingerprint density at radius 2 is 1.84 bits per heavy atom. The number of nitrogens with zero attached hydrogens (tertiary/aromatic N) is 1. The van der Waals surface area contributed by atoms with Crippen molar-refractivity contribution in [1.29, 1.82) is 0 Å². The van der Waals surface area contributed by atoms with Crippen LogP contribution in [0.3, 0.4) is 0 Å². The highest BCUT2D eigenvalue weighted by atomic mass is 19.1. The monoisotopic (exact) mass is 263 g/mol. The number of carbonyl (C=O) groups excluding carboxylic acids is 1. The van der Waals surface area contributed by atoms with Gasteiger partial charge >= 0.3 is 5.97 Å².